The van der Waals surface area contributed by atoms with E-state index in [-0.39, 0.29) is 11.6 Å². The lowest BCUT2D eigenvalue weighted by atomic mass is 10.1. The number of aryl methyl sites for hydroxylation is 2. The Hall–Kier alpha value is -3.23. The van der Waals surface area contributed by atoms with Gasteiger partial charge in [0.2, 0.25) is 0 Å². The lowest BCUT2D eigenvalue weighted by Gasteiger charge is -2.17. The summed E-state index contributed by atoms with van der Waals surface area (Å²) in [7, 11) is 0. The predicted molar refractivity (Wildman–Crippen MR) is 122 cm³/mol. The van der Waals surface area contributed by atoms with Crippen LogP contribution in [0.4, 0.5) is 11.4 Å². The van der Waals surface area contributed by atoms with Crippen LogP contribution in [0.2, 0.25) is 0 Å². The molecular weight excluding hydrogens is 420 g/mol. The maximum atomic E-state index is 13.0. The summed E-state index contributed by atoms with van der Waals surface area (Å²) in [6, 6.07) is 15.5. The fraction of sp³-hybridized carbons (Fsp3) is 0.0909. The highest BCUT2D eigenvalue weighted by Gasteiger charge is 2.34. The molecule has 1 aliphatic heterocycles. The van der Waals surface area contributed by atoms with Gasteiger partial charge in [-0.3, -0.25) is 19.8 Å². The number of carbonyl (C=O) groups excluding carboxylic acids is 1. The number of nitro groups is 1. The Morgan fingerprint density at radius 2 is 1.93 bits per heavy atom. The Balaban J connectivity index is 1.63. The van der Waals surface area contributed by atoms with E-state index in [4.69, 9.17) is 16.6 Å². The third-order valence-electron chi connectivity index (χ3n) is 4.64. The molecule has 0 aliphatic carbocycles. The first-order chi connectivity index (χ1) is 14.3. The minimum Gasteiger partial charge on any atom is -0.457 e. The fourth-order valence-corrected chi connectivity index (χ4v) is 4.39. The number of thiocarbonyl (C=S) groups is 1. The van der Waals surface area contributed by atoms with Gasteiger partial charge in [0.15, 0.2) is 4.32 Å². The zero-order valence-corrected chi connectivity index (χ0v) is 17.8. The molecule has 0 atom stereocenters. The molecule has 0 spiro atoms. The molecule has 2 aromatic carbocycles. The van der Waals surface area contributed by atoms with Crippen molar-refractivity contribution in [2.75, 3.05) is 4.90 Å². The van der Waals surface area contributed by atoms with E-state index in [1.54, 1.807) is 35.2 Å². The first-order valence-electron chi connectivity index (χ1n) is 9.03. The number of nitrogens with zero attached hydrogens (tertiary/aromatic N) is 2. The number of hydrogen-bond acceptors (Lipinski definition) is 6. The van der Waals surface area contributed by atoms with Gasteiger partial charge in [0.05, 0.1) is 15.5 Å². The number of rotatable bonds is 4. The third kappa shape index (κ3) is 3.79. The summed E-state index contributed by atoms with van der Waals surface area (Å²) in [6.45, 7) is 3.91. The van der Waals surface area contributed by atoms with Crippen molar-refractivity contribution in [1.29, 1.82) is 0 Å². The lowest BCUT2D eigenvalue weighted by molar-refractivity contribution is -0.384. The van der Waals surface area contributed by atoms with E-state index in [0.717, 1.165) is 16.8 Å². The van der Waals surface area contributed by atoms with Crippen molar-refractivity contribution in [3.8, 4) is 11.3 Å². The quantitative estimate of drug-likeness (QED) is 0.220. The summed E-state index contributed by atoms with van der Waals surface area (Å²) in [5, 5.41) is 11.0. The molecule has 1 saturated heterocycles. The van der Waals surface area contributed by atoms with Crippen molar-refractivity contribution in [3.63, 3.8) is 0 Å². The third-order valence-corrected chi connectivity index (χ3v) is 5.94. The Bertz CT molecular complexity index is 1230. The van der Waals surface area contributed by atoms with Crippen LogP contribution in [0.15, 0.2) is 63.9 Å². The van der Waals surface area contributed by atoms with Gasteiger partial charge in [-0.1, -0.05) is 48.2 Å². The minimum atomic E-state index is -0.452. The first kappa shape index (κ1) is 20.1. The lowest BCUT2D eigenvalue weighted by Crippen LogP contribution is -2.28. The number of nitro benzene ring substituents is 1. The van der Waals surface area contributed by atoms with Crippen LogP contribution >= 0.6 is 24.0 Å². The van der Waals surface area contributed by atoms with Crippen LogP contribution in [-0.4, -0.2) is 15.2 Å². The van der Waals surface area contributed by atoms with E-state index in [1.807, 2.05) is 32.0 Å². The second-order valence-corrected chi connectivity index (χ2v) is 8.49. The molecule has 0 unspecified atom stereocenters. The maximum Gasteiger partial charge on any atom is 0.270 e. The molecule has 0 bridgehead atoms. The number of carbonyl (C=O) groups is 1. The van der Waals surface area contributed by atoms with Crippen LogP contribution in [0.3, 0.4) is 0 Å². The molecule has 4 rings (SSSR count). The molecule has 8 heteroatoms. The summed E-state index contributed by atoms with van der Waals surface area (Å²) in [5.74, 6) is 0.750. The molecule has 0 radical (unpaired) electrons. The molecule has 0 N–H and O–H groups in total. The topological polar surface area (TPSA) is 76.6 Å². The number of thioether (sulfide) groups is 1. The Kier molecular flexibility index (Phi) is 5.27. The van der Waals surface area contributed by atoms with Crippen LogP contribution in [0.25, 0.3) is 17.4 Å². The van der Waals surface area contributed by atoms with Gasteiger partial charge in [0.1, 0.15) is 11.5 Å². The summed E-state index contributed by atoms with van der Waals surface area (Å²) >= 11 is 6.67. The van der Waals surface area contributed by atoms with Gasteiger partial charge in [-0.2, -0.15) is 0 Å². The zero-order valence-electron chi connectivity index (χ0n) is 16.1. The number of anilines is 1. The molecule has 30 heavy (non-hydrogen) atoms. The maximum absolute atomic E-state index is 13.0. The van der Waals surface area contributed by atoms with E-state index in [0.29, 0.717) is 26.3 Å². The molecule has 0 saturated carbocycles. The molecule has 1 aliphatic rings. The Labute approximate surface area is 182 Å². The number of amides is 1. The molecule has 2 heterocycles. The van der Waals surface area contributed by atoms with Crippen LogP contribution in [0.1, 0.15) is 16.9 Å². The molecule has 6 nitrogen and oxygen atoms in total. The second-order valence-electron chi connectivity index (χ2n) is 6.82. The molecule has 150 valence electrons. The number of benzene rings is 2. The van der Waals surface area contributed by atoms with Crippen LogP contribution < -0.4 is 4.90 Å². The normalized spacial score (nSPS) is 15.3. The minimum absolute atomic E-state index is 0.0140. The van der Waals surface area contributed by atoms with Gasteiger partial charge in [0.25, 0.3) is 11.6 Å². The highest BCUT2D eigenvalue weighted by atomic mass is 32.2. The molecule has 1 aromatic heterocycles. The van der Waals surface area contributed by atoms with E-state index in [2.05, 4.69) is 0 Å². The van der Waals surface area contributed by atoms with E-state index >= 15 is 0 Å². The molecule has 1 fully saturated rings. The Morgan fingerprint density at radius 1 is 1.13 bits per heavy atom. The molecule has 3 aromatic rings. The highest BCUT2D eigenvalue weighted by Crippen LogP contribution is 2.38. The molecular formula is C22H16N2O4S2. The van der Waals surface area contributed by atoms with Gasteiger partial charge in [0, 0.05) is 23.8 Å². The smallest absolute Gasteiger partial charge is 0.270 e. The van der Waals surface area contributed by atoms with Gasteiger partial charge in [-0.15, -0.1) is 0 Å². The first-order valence-corrected chi connectivity index (χ1v) is 10.3. The number of hydrogen-bond donors (Lipinski definition) is 0. The van der Waals surface area contributed by atoms with E-state index in [9.17, 15) is 14.9 Å². The second kappa shape index (κ2) is 7.89. The summed E-state index contributed by atoms with van der Waals surface area (Å²) < 4.78 is 6.27. The predicted octanol–water partition coefficient (Wildman–Crippen LogP) is 5.88. The summed E-state index contributed by atoms with van der Waals surface area (Å²) in [5.41, 5.74) is 3.36. The van der Waals surface area contributed by atoms with E-state index in [1.165, 1.54) is 23.9 Å². The van der Waals surface area contributed by atoms with Crippen LogP contribution in [-0.2, 0) is 4.79 Å². The summed E-state index contributed by atoms with van der Waals surface area (Å²) in [6.07, 6.45) is 1.64. The van der Waals surface area contributed by atoms with Crippen molar-refractivity contribution in [3.05, 3.63) is 86.5 Å². The van der Waals surface area contributed by atoms with Gasteiger partial charge >= 0.3 is 0 Å². The standard InChI is InChI=1S/C22H16N2O4S2/c1-13-6-7-14(2)18(10-13)23-21(25)20(30-22(23)29)12-17-8-9-19(28-17)15-4-3-5-16(11-15)24(26)27/h3-12H,1-2H3. The Morgan fingerprint density at radius 3 is 2.70 bits per heavy atom. The van der Waals surface area contributed by atoms with Gasteiger partial charge in [-0.05, 0) is 43.2 Å². The monoisotopic (exact) mass is 436 g/mol. The average Bonchev–Trinajstić information content (AvgIpc) is 3.29. The van der Waals surface area contributed by atoms with E-state index < -0.39 is 4.92 Å². The van der Waals surface area contributed by atoms with Gasteiger partial charge < -0.3 is 4.42 Å². The van der Waals surface area contributed by atoms with Crippen LogP contribution in [0, 0.1) is 24.0 Å². The van der Waals surface area contributed by atoms with Crippen molar-refractivity contribution >= 4 is 51.7 Å². The highest BCUT2D eigenvalue weighted by molar-refractivity contribution is 8.27. The largest absolute Gasteiger partial charge is 0.457 e. The van der Waals surface area contributed by atoms with Crippen molar-refractivity contribution in [1.82, 2.24) is 0 Å². The summed E-state index contributed by atoms with van der Waals surface area (Å²) in [4.78, 5) is 25.5. The molecule has 1 amide bonds. The zero-order chi connectivity index (χ0) is 21.4. The van der Waals surface area contributed by atoms with Crippen molar-refractivity contribution in [2.24, 2.45) is 0 Å². The average molecular weight is 437 g/mol. The van der Waals surface area contributed by atoms with Crippen molar-refractivity contribution in [2.45, 2.75) is 13.8 Å². The number of furan rings is 1. The SMILES string of the molecule is Cc1ccc(C)c(N2C(=O)C(=Cc3ccc(-c4cccc([N+](=O)[O-])c4)o3)SC2=S)c1. The van der Waals surface area contributed by atoms with Crippen molar-refractivity contribution < 1.29 is 14.1 Å². The van der Waals surface area contributed by atoms with Gasteiger partial charge in [-0.25, -0.2) is 0 Å². The van der Waals surface area contributed by atoms with Crippen LogP contribution in [0.5, 0.6) is 0 Å². The fourth-order valence-electron chi connectivity index (χ4n) is 3.12. The number of non-ortho nitro benzene ring substituents is 1.